The summed E-state index contributed by atoms with van der Waals surface area (Å²) in [6.45, 7) is 0.562. The Hall–Kier alpha value is -1.39. The van der Waals surface area contributed by atoms with Crippen molar-refractivity contribution in [1.82, 2.24) is 4.98 Å². The molecule has 0 amide bonds. The van der Waals surface area contributed by atoms with Crippen LogP contribution in [0.15, 0.2) is 29.6 Å². The van der Waals surface area contributed by atoms with Crippen molar-refractivity contribution in [2.45, 2.75) is 6.61 Å². The Labute approximate surface area is 92.5 Å². The van der Waals surface area contributed by atoms with Gasteiger partial charge in [-0.25, -0.2) is 4.98 Å². The second-order valence-electron chi connectivity index (χ2n) is 3.18. The highest BCUT2D eigenvalue weighted by atomic mass is 32.1. The van der Waals surface area contributed by atoms with Gasteiger partial charge in [-0.15, -0.1) is 11.3 Å². The molecule has 0 radical (unpaired) electrons. The first kappa shape index (κ1) is 10.1. The molecule has 0 unspecified atom stereocenters. The number of anilines is 1. The molecule has 2 N–H and O–H groups in total. The van der Waals surface area contributed by atoms with E-state index in [0.717, 1.165) is 22.0 Å². The van der Waals surface area contributed by atoms with Gasteiger partial charge in [0.15, 0.2) is 0 Å². The van der Waals surface area contributed by atoms with Gasteiger partial charge < -0.3 is 10.5 Å². The first-order valence-corrected chi connectivity index (χ1v) is 5.47. The van der Waals surface area contributed by atoms with Crippen LogP contribution in [0.25, 0.3) is 11.3 Å². The molecule has 3 nitrogen and oxygen atoms in total. The number of hydrogen-bond acceptors (Lipinski definition) is 4. The molecule has 4 heteroatoms. The van der Waals surface area contributed by atoms with E-state index in [1.54, 1.807) is 18.4 Å². The van der Waals surface area contributed by atoms with Crippen molar-refractivity contribution in [3.05, 3.63) is 34.7 Å². The van der Waals surface area contributed by atoms with Crippen molar-refractivity contribution in [2.75, 3.05) is 12.8 Å². The maximum absolute atomic E-state index is 5.71. The smallest absolute Gasteiger partial charge is 0.119 e. The molecule has 0 aliphatic rings. The van der Waals surface area contributed by atoms with Crippen molar-refractivity contribution in [3.8, 4) is 11.3 Å². The minimum Gasteiger partial charge on any atom is -0.399 e. The number of nitrogens with zero attached hydrogens (tertiary/aromatic N) is 1. The Kier molecular flexibility index (Phi) is 2.99. The molecule has 0 fully saturated rings. The van der Waals surface area contributed by atoms with E-state index in [1.165, 1.54) is 0 Å². The number of nitrogens with two attached hydrogens (primary N) is 1. The third kappa shape index (κ3) is 2.34. The second-order valence-corrected chi connectivity index (χ2v) is 4.13. The Balaban J connectivity index is 2.29. The Morgan fingerprint density at radius 3 is 3.07 bits per heavy atom. The van der Waals surface area contributed by atoms with Crippen LogP contribution in [0.1, 0.15) is 5.01 Å². The number of thiazole rings is 1. The summed E-state index contributed by atoms with van der Waals surface area (Å²) in [5, 5.41) is 3.00. The van der Waals surface area contributed by atoms with Crippen LogP contribution in [0.2, 0.25) is 0 Å². The predicted octanol–water partition coefficient (Wildman–Crippen LogP) is 2.54. The van der Waals surface area contributed by atoms with E-state index < -0.39 is 0 Å². The van der Waals surface area contributed by atoms with E-state index in [0.29, 0.717) is 6.61 Å². The van der Waals surface area contributed by atoms with Gasteiger partial charge in [-0.05, 0) is 12.1 Å². The average Bonchev–Trinajstić information content (AvgIpc) is 2.67. The summed E-state index contributed by atoms with van der Waals surface area (Å²) in [4.78, 5) is 4.45. The van der Waals surface area contributed by atoms with Crippen LogP contribution in [0.5, 0.6) is 0 Å². The largest absolute Gasteiger partial charge is 0.399 e. The van der Waals surface area contributed by atoms with Gasteiger partial charge in [0.2, 0.25) is 0 Å². The summed E-state index contributed by atoms with van der Waals surface area (Å²) in [5.74, 6) is 0. The molecule has 0 saturated carbocycles. The third-order valence-corrected chi connectivity index (χ3v) is 2.82. The number of aromatic nitrogens is 1. The average molecular weight is 220 g/mol. The van der Waals surface area contributed by atoms with E-state index in [2.05, 4.69) is 4.98 Å². The molecule has 2 aromatic rings. The molecule has 1 heterocycles. The zero-order chi connectivity index (χ0) is 10.7. The highest BCUT2D eigenvalue weighted by Crippen LogP contribution is 2.23. The zero-order valence-electron chi connectivity index (χ0n) is 8.43. The minimum atomic E-state index is 0.562. The van der Waals surface area contributed by atoms with E-state index in [9.17, 15) is 0 Å². The number of nitrogen functional groups attached to an aromatic ring is 1. The predicted molar refractivity (Wildman–Crippen MR) is 62.7 cm³/mol. The summed E-state index contributed by atoms with van der Waals surface area (Å²) in [6.07, 6.45) is 0. The Morgan fingerprint density at radius 1 is 1.47 bits per heavy atom. The lowest BCUT2D eigenvalue weighted by Crippen LogP contribution is -1.87. The molecule has 0 atom stereocenters. The van der Waals surface area contributed by atoms with Gasteiger partial charge >= 0.3 is 0 Å². The SMILES string of the molecule is COCc1nc(-c2cccc(N)c2)cs1. The number of benzene rings is 1. The van der Waals surface area contributed by atoms with E-state index in [4.69, 9.17) is 10.5 Å². The summed E-state index contributed by atoms with van der Waals surface area (Å²) >= 11 is 1.60. The standard InChI is InChI=1S/C11H12N2OS/c1-14-6-11-13-10(7-15-11)8-3-2-4-9(12)5-8/h2-5,7H,6,12H2,1H3. The maximum atomic E-state index is 5.71. The summed E-state index contributed by atoms with van der Waals surface area (Å²) in [6, 6.07) is 7.72. The lowest BCUT2D eigenvalue weighted by atomic mass is 10.1. The van der Waals surface area contributed by atoms with E-state index in [-0.39, 0.29) is 0 Å². The van der Waals surface area contributed by atoms with Crippen molar-refractivity contribution in [3.63, 3.8) is 0 Å². The lowest BCUT2D eigenvalue weighted by Gasteiger charge is -1.97. The van der Waals surface area contributed by atoms with Gasteiger partial charge in [0.1, 0.15) is 5.01 Å². The van der Waals surface area contributed by atoms with Gasteiger partial charge in [0.25, 0.3) is 0 Å². The monoisotopic (exact) mass is 220 g/mol. The molecule has 15 heavy (non-hydrogen) atoms. The molecular weight excluding hydrogens is 208 g/mol. The van der Waals surface area contributed by atoms with Crippen LogP contribution in [0.3, 0.4) is 0 Å². The summed E-state index contributed by atoms with van der Waals surface area (Å²) < 4.78 is 5.02. The van der Waals surface area contributed by atoms with Crippen LogP contribution >= 0.6 is 11.3 Å². The molecule has 0 saturated heterocycles. The molecule has 0 aliphatic heterocycles. The fourth-order valence-corrected chi connectivity index (χ4v) is 2.10. The fraction of sp³-hybridized carbons (Fsp3) is 0.182. The highest BCUT2D eigenvalue weighted by molar-refractivity contribution is 7.09. The minimum absolute atomic E-state index is 0.562. The van der Waals surface area contributed by atoms with Gasteiger partial charge in [-0.3, -0.25) is 0 Å². The Morgan fingerprint density at radius 2 is 2.33 bits per heavy atom. The molecule has 1 aromatic carbocycles. The molecule has 1 aromatic heterocycles. The molecule has 0 aliphatic carbocycles. The fourth-order valence-electron chi connectivity index (χ4n) is 1.33. The molecule has 78 valence electrons. The molecule has 2 rings (SSSR count). The zero-order valence-corrected chi connectivity index (χ0v) is 9.25. The number of methoxy groups -OCH3 is 1. The molecule has 0 bridgehead atoms. The van der Waals surface area contributed by atoms with Crippen LogP contribution in [0, 0.1) is 0 Å². The van der Waals surface area contributed by atoms with Crippen LogP contribution < -0.4 is 5.73 Å². The van der Waals surface area contributed by atoms with Crippen molar-refractivity contribution in [1.29, 1.82) is 0 Å². The second kappa shape index (κ2) is 4.42. The third-order valence-electron chi connectivity index (χ3n) is 2.00. The van der Waals surface area contributed by atoms with Crippen molar-refractivity contribution < 1.29 is 4.74 Å². The van der Waals surface area contributed by atoms with Gasteiger partial charge in [-0.1, -0.05) is 12.1 Å². The highest BCUT2D eigenvalue weighted by Gasteiger charge is 2.04. The number of hydrogen-bond donors (Lipinski definition) is 1. The lowest BCUT2D eigenvalue weighted by molar-refractivity contribution is 0.184. The van der Waals surface area contributed by atoms with Crippen LogP contribution in [0.4, 0.5) is 5.69 Å². The molecule has 0 spiro atoms. The summed E-state index contributed by atoms with van der Waals surface area (Å²) in [7, 11) is 1.67. The quantitative estimate of drug-likeness (QED) is 0.809. The first-order valence-electron chi connectivity index (χ1n) is 4.59. The number of ether oxygens (including phenoxy) is 1. The van der Waals surface area contributed by atoms with Gasteiger partial charge in [0.05, 0.1) is 12.3 Å². The van der Waals surface area contributed by atoms with Crippen molar-refractivity contribution in [2.24, 2.45) is 0 Å². The van der Waals surface area contributed by atoms with Crippen LogP contribution in [-0.4, -0.2) is 12.1 Å². The first-order chi connectivity index (χ1) is 7.29. The summed E-state index contributed by atoms with van der Waals surface area (Å²) in [5.41, 5.74) is 8.48. The maximum Gasteiger partial charge on any atom is 0.119 e. The van der Waals surface area contributed by atoms with Gasteiger partial charge in [-0.2, -0.15) is 0 Å². The molecular formula is C11H12N2OS. The van der Waals surface area contributed by atoms with Crippen molar-refractivity contribution >= 4 is 17.0 Å². The van der Waals surface area contributed by atoms with E-state index in [1.807, 2.05) is 29.6 Å². The number of rotatable bonds is 3. The van der Waals surface area contributed by atoms with Crippen LogP contribution in [-0.2, 0) is 11.3 Å². The normalized spacial score (nSPS) is 10.5. The van der Waals surface area contributed by atoms with Gasteiger partial charge in [0, 0.05) is 23.7 Å². The van der Waals surface area contributed by atoms with E-state index >= 15 is 0 Å². The topological polar surface area (TPSA) is 48.1 Å². The Bertz CT molecular complexity index is 453.